The van der Waals surface area contributed by atoms with E-state index in [1.165, 1.54) is 6.92 Å². The summed E-state index contributed by atoms with van der Waals surface area (Å²) in [5.74, 6) is -0.450. The Kier molecular flexibility index (Phi) is 6.93. The third-order valence-corrected chi connectivity index (χ3v) is 1.91. The second-order valence-electron chi connectivity index (χ2n) is 3.27. The first-order chi connectivity index (χ1) is 7.65. The Balaban J connectivity index is 0.00000256. The van der Waals surface area contributed by atoms with Crippen molar-refractivity contribution in [2.75, 3.05) is 18.4 Å². The summed E-state index contributed by atoms with van der Waals surface area (Å²) in [7, 11) is 0. The average molecular weight is 258 g/mol. The molecule has 6 heteroatoms. The van der Waals surface area contributed by atoms with Gasteiger partial charge in [-0.05, 0) is 12.1 Å². The summed E-state index contributed by atoms with van der Waals surface area (Å²) in [6.07, 6.45) is 0. The summed E-state index contributed by atoms with van der Waals surface area (Å²) in [4.78, 5) is 22.6. The molecule has 0 aromatic heterocycles. The molecule has 0 saturated heterocycles. The largest absolute Gasteiger partial charge is 0.351 e. The molecule has 0 saturated carbocycles. The molecule has 0 atom stereocenters. The molecule has 0 aliphatic carbocycles. The molecule has 0 aliphatic heterocycles. The van der Waals surface area contributed by atoms with E-state index in [2.05, 4.69) is 10.6 Å². The van der Waals surface area contributed by atoms with E-state index in [0.717, 1.165) is 0 Å². The van der Waals surface area contributed by atoms with Gasteiger partial charge in [0.2, 0.25) is 5.91 Å². The molecule has 94 valence electrons. The Morgan fingerprint density at radius 3 is 2.53 bits per heavy atom. The zero-order valence-electron chi connectivity index (χ0n) is 9.53. The van der Waals surface area contributed by atoms with Crippen molar-refractivity contribution >= 4 is 29.9 Å². The van der Waals surface area contributed by atoms with E-state index in [1.807, 2.05) is 0 Å². The number of nitrogens with one attached hydrogen (secondary N) is 2. The SMILES string of the molecule is CC(=O)Nc1ccccc1C(=O)NCCN.Cl. The molecule has 0 radical (unpaired) electrons. The Morgan fingerprint density at radius 1 is 1.29 bits per heavy atom. The number of halogens is 1. The highest BCUT2D eigenvalue weighted by molar-refractivity contribution is 6.03. The predicted octanol–water partition coefficient (Wildman–Crippen LogP) is 0.755. The van der Waals surface area contributed by atoms with Gasteiger partial charge >= 0.3 is 0 Å². The fraction of sp³-hybridized carbons (Fsp3) is 0.273. The van der Waals surface area contributed by atoms with Gasteiger partial charge in [-0.3, -0.25) is 9.59 Å². The fourth-order valence-electron chi connectivity index (χ4n) is 1.26. The smallest absolute Gasteiger partial charge is 0.253 e. The predicted molar refractivity (Wildman–Crippen MR) is 69.4 cm³/mol. The Morgan fingerprint density at radius 2 is 1.94 bits per heavy atom. The number of rotatable bonds is 4. The molecule has 4 N–H and O–H groups in total. The number of anilines is 1. The van der Waals surface area contributed by atoms with Crippen LogP contribution < -0.4 is 16.4 Å². The van der Waals surface area contributed by atoms with Crippen molar-refractivity contribution in [1.82, 2.24) is 5.32 Å². The maximum Gasteiger partial charge on any atom is 0.253 e. The monoisotopic (exact) mass is 257 g/mol. The normalized spacial score (nSPS) is 9.06. The van der Waals surface area contributed by atoms with Gasteiger partial charge in [-0.15, -0.1) is 12.4 Å². The number of amides is 2. The molecule has 0 unspecified atom stereocenters. The number of para-hydroxylation sites is 1. The van der Waals surface area contributed by atoms with E-state index in [0.29, 0.717) is 24.3 Å². The van der Waals surface area contributed by atoms with Crippen LogP contribution in [0.15, 0.2) is 24.3 Å². The van der Waals surface area contributed by atoms with E-state index in [1.54, 1.807) is 24.3 Å². The van der Waals surface area contributed by atoms with Crippen LogP contribution in [-0.4, -0.2) is 24.9 Å². The van der Waals surface area contributed by atoms with Crippen molar-refractivity contribution in [1.29, 1.82) is 0 Å². The summed E-state index contributed by atoms with van der Waals surface area (Å²) in [5, 5.41) is 5.25. The van der Waals surface area contributed by atoms with Crippen molar-refractivity contribution in [3.63, 3.8) is 0 Å². The minimum atomic E-state index is -0.241. The molecule has 0 bridgehead atoms. The van der Waals surface area contributed by atoms with E-state index < -0.39 is 0 Å². The Hall–Kier alpha value is -1.59. The lowest BCUT2D eigenvalue weighted by Gasteiger charge is -2.09. The average Bonchev–Trinajstić information content (AvgIpc) is 2.26. The molecule has 0 heterocycles. The van der Waals surface area contributed by atoms with Crippen molar-refractivity contribution in [2.45, 2.75) is 6.92 Å². The quantitative estimate of drug-likeness (QED) is 0.744. The van der Waals surface area contributed by atoms with Crippen LogP contribution in [0.2, 0.25) is 0 Å². The molecule has 0 spiro atoms. The van der Waals surface area contributed by atoms with Crippen LogP contribution in [0.3, 0.4) is 0 Å². The van der Waals surface area contributed by atoms with Crippen LogP contribution in [0.25, 0.3) is 0 Å². The summed E-state index contributed by atoms with van der Waals surface area (Å²) in [5.41, 5.74) is 6.23. The molecule has 0 aliphatic rings. The van der Waals surface area contributed by atoms with Crippen LogP contribution in [0.5, 0.6) is 0 Å². The molecular weight excluding hydrogens is 242 g/mol. The maximum atomic E-state index is 11.7. The van der Waals surface area contributed by atoms with Gasteiger partial charge < -0.3 is 16.4 Å². The Bertz CT molecular complexity index is 396. The lowest BCUT2D eigenvalue weighted by molar-refractivity contribution is -0.114. The number of hydrogen-bond donors (Lipinski definition) is 3. The van der Waals surface area contributed by atoms with Crippen molar-refractivity contribution in [3.05, 3.63) is 29.8 Å². The first-order valence-electron chi connectivity index (χ1n) is 5.00. The van der Waals surface area contributed by atoms with Gasteiger partial charge in [0.15, 0.2) is 0 Å². The molecule has 1 aromatic carbocycles. The molecule has 1 aromatic rings. The molecular formula is C11H16ClN3O2. The van der Waals surface area contributed by atoms with E-state index in [9.17, 15) is 9.59 Å². The minimum Gasteiger partial charge on any atom is -0.351 e. The van der Waals surface area contributed by atoms with Crippen molar-refractivity contribution in [2.24, 2.45) is 5.73 Å². The number of hydrogen-bond acceptors (Lipinski definition) is 3. The van der Waals surface area contributed by atoms with E-state index in [-0.39, 0.29) is 24.2 Å². The number of carbonyl (C=O) groups is 2. The summed E-state index contributed by atoms with van der Waals surface area (Å²) in [6.45, 7) is 2.19. The maximum absolute atomic E-state index is 11.7. The van der Waals surface area contributed by atoms with Gasteiger partial charge in [0.1, 0.15) is 0 Å². The zero-order valence-corrected chi connectivity index (χ0v) is 10.3. The summed E-state index contributed by atoms with van der Waals surface area (Å²) in [6, 6.07) is 6.82. The van der Waals surface area contributed by atoms with Crippen molar-refractivity contribution in [3.8, 4) is 0 Å². The third kappa shape index (κ3) is 4.84. The highest BCUT2D eigenvalue weighted by Crippen LogP contribution is 2.14. The van der Waals surface area contributed by atoms with Gasteiger partial charge in [-0.25, -0.2) is 0 Å². The fourth-order valence-corrected chi connectivity index (χ4v) is 1.26. The summed E-state index contributed by atoms with van der Waals surface area (Å²) >= 11 is 0. The van der Waals surface area contributed by atoms with Gasteiger partial charge in [0.25, 0.3) is 5.91 Å². The lowest BCUT2D eigenvalue weighted by atomic mass is 10.1. The second kappa shape index (κ2) is 7.65. The van der Waals surface area contributed by atoms with Crippen LogP contribution >= 0.6 is 12.4 Å². The van der Waals surface area contributed by atoms with Crippen LogP contribution in [-0.2, 0) is 4.79 Å². The number of nitrogens with two attached hydrogens (primary N) is 1. The van der Waals surface area contributed by atoms with Gasteiger partial charge in [0.05, 0.1) is 11.3 Å². The zero-order chi connectivity index (χ0) is 12.0. The third-order valence-electron chi connectivity index (χ3n) is 1.91. The Labute approximate surface area is 106 Å². The first kappa shape index (κ1) is 15.4. The standard InChI is InChI=1S/C11H15N3O2.ClH/c1-8(15)14-10-5-3-2-4-9(10)11(16)13-7-6-12;/h2-5H,6-7,12H2,1H3,(H,13,16)(H,14,15);1H. The van der Waals surface area contributed by atoms with Gasteiger partial charge in [-0.1, -0.05) is 12.1 Å². The number of benzene rings is 1. The van der Waals surface area contributed by atoms with Gasteiger partial charge in [-0.2, -0.15) is 0 Å². The summed E-state index contributed by atoms with van der Waals surface area (Å²) < 4.78 is 0. The minimum absolute atomic E-state index is 0. The molecule has 1 rings (SSSR count). The highest BCUT2D eigenvalue weighted by atomic mass is 35.5. The molecule has 2 amide bonds. The lowest BCUT2D eigenvalue weighted by Crippen LogP contribution is -2.29. The van der Waals surface area contributed by atoms with E-state index in [4.69, 9.17) is 5.73 Å². The van der Waals surface area contributed by atoms with Crippen molar-refractivity contribution < 1.29 is 9.59 Å². The molecule has 5 nitrogen and oxygen atoms in total. The molecule has 17 heavy (non-hydrogen) atoms. The van der Waals surface area contributed by atoms with Crippen LogP contribution in [0.4, 0.5) is 5.69 Å². The van der Waals surface area contributed by atoms with Crippen LogP contribution in [0.1, 0.15) is 17.3 Å². The van der Waals surface area contributed by atoms with Crippen LogP contribution in [0, 0.1) is 0 Å². The second-order valence-corrected chi connectivity index (χ2v) is 3.27. The van der Waals surface area contributed by atoms with E-state index >= 15 is 0 Å². The topological polar surface area (TPSA) is 84.2 Å². The van der Waals surface area contributed by atoms with Gasteiger partial charge in [0, 0.05) is 20.0 Å². The highest BCUT2D eigenvalue weighted by Gasteiger charge is 2.10. The number of carbonyl (C=O) groups excluding carboxylic acids is 2. The molecule has 0 fully saturated rings. The first-order valence-corrected chi connectivity index (χ1v) is 5.00.